The quantitative estimate of drug-likeness (QED) is 0.118. The van der Waals surface area contributed by atoms with Gasteiger partial charge in [-0.1, -0.05) is 43.9 Å². The van der Waals surface area contributed by atoms with E-state index in [0.29, 0.717) is 34.6 Å². The summed E-state index contributed by atoms with van der Waals surface area (Å²) in [4.78, 5) is 42.7. The van der Waals surface area contributed by atoms with Crippen molar-refractivity contribution in [1.29, 1.82) is 0 Å². The number of anilines is 1. The molecule has 0 saturated heterocycles. The van der Waals surface area contributed by atoms with E-state index >= 15 is 0 Å². The average Bonchev–Trinajstić information content (AvgIpc) is 2.94. The van der Waals surface area contributed by atoms with E-state index in [9.17, 15) is 31.2 Å². The molecule has 2 aromatic rings. The molecule has 286 valence electrons. The summed E-state index contributed by atoms with van der Waals surface area (Å²) < 4.78 is 71.1. The number of amides is 2. The molecule has 51 heavy (non-hydrogen) atoms. The minimum Gasteiger partial charge on any atom is -0.459 e. The van der Waals surface area contributed by atoms with Crippen LogP contribution in [0.15, 0.2) is 42.5 Å². The molecule has 0 atom stereocenters. The summed E-state index contributed by atoms with van der Waals surface area (Å²) in [7, 11) is -10.7. The van der Waals surface area contributed by atoms with Crippen LogP contribution in [0.2, 0.25) is 25.7 Å². The lowest BCUT2D eigenvalue weighted by Crippen LogP contribution is -2.52. The molecular formula is C35H55N3O10S2Si. The van der Waals surface area contributed by atoms with Crippen molar-refractivity contribution in [2.24, 2.45) is 0 Å². The Kier molecular flexibility index (Phi) is 14.3. The van der Waals surface area contributed by atoms with E-state index in [1.807, 2.05) is 19.6 Å². The predicted octanol–water partition coefficient (Wildman–Crippen LogP) is 6.07. The highest BCUT2D eigenvalue weighted by Crippen LogP contribution is 2.32. The van der Waals surface area contributed by atoms with E-state index in [1.165, 1.54) is 23.1 Å². The molecule has 0 spiro atoms. The van der Waals surface area contributed by atoms with Crippen molar-refractivity contribution in [3.63, 3.8) is 0 Å². The van der Waals surface area contributed by atoms with Gasteiger partial charge in [0.05, 0.1) is 17.5 Å². The first-order valence-electron chi connectivity index (χ1n) is 16.8. The molecule has 0 unspecified atom stereocenters. The van der Waals surface area contributed by atoms with Gasteiger partial charge in [0.2, 0.25) is 0 Å². The van der Waals surface area contributed by atoms with Gasteiger partial charge in [-0.3, -0.25) is 9.59 Å². The first-order chi connectivity index (χ1) is 23.2. The fourth-order valence-corrected chi connectivity index (χ4v) is 7.84. The van der Waals surface area contributed by atoms with E-state index in [4.69, 9.17) is 13.7 Å². The van der Waals surface area contributed by atoms with Gasteiger partial charge in [-0.15, -0.1) is 0 Å². The molecule has 0 heterocycles. The van der Waals surface area contributed by atoms with Crippen LogP contribution in [-0.4, -0.2) is 95.7 Å². The number of benzene rings is 2. The molecule has 2 rings (SSSR count). The van der Waals surface area contributed by atoms with Gasteiger partial charge in [0, 0.05) is 39.7 Å². The summed E-state index contributed by atoms with van der Waals surface area (Å²) >= 11 is 0. The number of carbonyl (C=O) groups is 3. The maximum atomic E-state index is 14.8. The van der Waals surface area contributed by atoms with Gasteiger partial charge in [0.25, 0.3) is 5.91 Å². The van der Waals surface area contributed by atoms with Gasteiger partial charge in [-0.25, -0.2) is 9.10 Å². The number of ether oxygens (including phenoxy) is 2. The maximum Gasteiger partial charge on any atom is 0.425 e. The number of carbonyl (C=O) groups excluding carboxylic acids is 3. The van der Waals surface area contributed by atoms with Gasteiger partial charge >= 0.3 is 32.4 Å². The van der Waals surface area contributed by atoms with Crippen LogP contribution in [-0.2, 0) is 41.0 Å². The Labute approximate surface area is 305 Å². The van der Waals surface area contributed by atoms with Crippen LogP contribution in [0.3, 0.4) is 0 Å². The van der Waals surface area contributed by atoms with Gasteiger partial charge in [-0.05, 0) is 85.2 Å². The minimum absolute atomic E-state index is 0.0563. The first-order valence-corrected chi connectivity index (χ1v) is 23.7. The van der Waals surface area contributed by atoms with Crippen molar-refractivity contribution in [3.05, 3.63) is 59.2 Å². The molecule has 0 aromatic heterocycles. The zero-order chi connectivity index (χ0) is 39.2. The lowest BCUT2D eigenvalue weighted by molar-refractivity contribution is -0.152. The highest BCUT2D eigenvalue weighted by molar-refractivity contribution is 7.91. The number of hydrogen-bond donors (Lipinski definition) is 0. The van der Waals surface area contributed by atoms with E-state index in [2.05, 4.69) is 0 Å². The molecule has 13 nitrogen and oxygen atoms in total. The van der Waals surface area contributed by atoms with E-state index in [1.54, 1.807) is 79.7 Å². The Morgan fingerprint density at radius 1 is 0.824 bits per heavy atom. The number of esters is 1. The average molecular weight is 770 g/mol. The largest absolute Gasteiger partial charge is 0.459 e. The lowest BCUT2D eigenvalue weighted by atomic mass is 10.00. The topological polar surface area (TPSA) is 157 Å². The second kappa shape index (κ2) is 16.8. The van der Waals surface area contributed by atoms with Crippen molar-refractivity contribution < 1.29 is 44.9 Å². The van der Waals surface area contributed by atoms with Crippen LogP contribution in [0.4, 0.5) is 10.5 Å². The summed E-state index contributed by atoms with van der Waals surface area (Å²) in [6.07, 6.45) is -0.0712. The second-order valence-electron chi connectivity index (χ2n) is 15.4. The molecule has 0 bridgehead atoms. The van der Waals surface area contributed by atoms with Crippen molar-refractivity contribution >= 4 is 52.1 Å². The molecule has 2 aromatic carbocycles. The smallest absolute Gasteiger partial charge is 0.425 e. The zero-order valence-corrected chi connectivity index (χ0v) is 34.7. The summed E-state index contributed by atoms with van der Waals surface area (Å²) in [5.74, 6) is -1.32. The number of para-hydroxylation sites is 1. The Balaban J connectivity index is 2.92. The Bertz CT molecular complexity index is 1770. The Morgan fingerprint density at radius 3 is 1.90 bits per heavy atom. The maximum absolute atomic E-state index is 14.8. The number of nitrogens with zero attached hydrogens (tertiary/aromatic N) is 3. The number of hydrogen-bond acceptors (Lipinski definition) is 10. The monoisotopic (exact) mass is 769 g/mol. The zero-order valence-electron chi connectivity index (χ0n) is 32.0. The molecule has 0 aliphatic carbocycles. The van der Waals surface area contributed by atoms with Gasteiger partial charge in [0.15, 0.2) is 0 Å². The van der Waals surface area contributed by atoms with Crippen molar-refractivity contribution in [1.82, 2.24) is 9.21 Å². The molecule has 16 heteroatoms. The normalized spacial score (nSPS) is 12.5. The molecule has 0 aliphatic rings. The fraction of sp³-hybridized carbons (Fsp3) is 0.571. The second-order valence-corrected chi connectivity index (χ2v) is 24.3. The van der Waals surface area contributed by atoms with Crippen LogP contribution >= 0.6 is 0 Å². The fourth-order valence-electron chi connectivity index (χ4n) is 4.83. The molecule has 2 amide bonds. The summed E-state index contributed by atoms with van der Waals surface area (Å²) in [5.41, 5.74) is -1.19. The summed E-state index contributed by atoms with van der Waals surface area (Å²) in [6.45, 7) is 18.9. The van der Waals surface area contributed by atoms with E-state index in [-0.39, 0.29) is 30.0 Å². The van der Waals surface area contributed by atoms with Crippen LogP contribution in [0.5, 0.6) is 5.75 Å². The first kappa shape index (κ1) is 43.5. The van der Waals surface area contributed by atoms with Gasteiger partial charge in [0.1, 0.15) is 23.5 Å². The third-order valence-corrected chi connectivity index (χ3v) is 11.1. The van der Waals surface area contributed by atoms with E-state index in [0.717, 1.165) is 10.6 Å². The SMILES string of the molecule is CCN(CC)C(=O)c1cc(Cc2ccccc2OS(C)(=O)=O)ccc1N(CC(=O)OC(C)(C)C)S(=O)(=O)N(CC[Si](C)(C)C)C(=O)OC(C)(C)C. The summed E-state index contributed by atoms with van der Waals surface area (Å²) in [6, 6.07) is 11.4. The molecular weight excluding hydrogens is 715 g/mol. The molecule has 0 fully saturated rings. The summed E-state index contributed by atoms with van der Waals surface area (Å²) in [5, 5.41) is 0. The standard InChI is InChI=1S/C35H55N3O10S2Si/c1-13-36(14-2)32(40)28-24-26(23-27-17-15-16-18-30(27)48-49(9,42)43)19-20-29(28)38(25-31(39)46-34(3,4)5)50(44,45)37(21-22-51(10,11)12)33(41)47-35(6,7)8/h15-20,24H,13-14,21-23,25H2,1-12H3. The molecule has 0 N–H and O–H groups in total. The van der Waals surface area contributed by atoms with Crippen molar-refractivity contribution in [2.75, 3.05) is 36.7 Å². The highest BCUT2D eigenvalue weighted by Gasteiger charge is 2.40. The Morgan fingerprint density at radius 2 is 1.39 bits per heavy atom. The Hall–Kier alpha value is -3.63. The third kappa shape index (κ3) is 13.8. The van der Waals surface area contributed by atoms with Crippen LogP contribution in [0, 0.1) is 0 Å². The third-order valence-electron chi connectivity index (χ3n) is 7.13. The molecule has 0 saturated carbocycles. The predicted molar refractivity (Wildman–Crippen MR) is 202 cm³/mol. The minimum atomic E-state index is -4.90. The van der Waals surface area contributed by atoms with E-state index < -0.39 is 64.1 Å². The lowest BCUT2D eigenvalue weighted by Gasteiger charge is -2.34. The molecule has 0 radical (unpaired) electrons. The highest BCUT2D eigenvalue weighted by atomic mass is 32.2. The number of rotatable bonds is 15. The van der Waals surface area contributed by atoms with Gasteiger partial charge in [-0.2, -0.15) is 21.1 Å². The van der Waals surface area contributed by atoms with Crippen molar-refractivity contribution in [2.45, 2.75) is 98.7 Å². The van der Waals surface area contributed by atoms with Crippen molar-refractivity contribution in [3.8, 4) is 5.75 Å². The van der Waals surface area contributed by atoms with Crippen LogP contribution in [0.1, 0.15) is 76.9 Å². The molecule has 0 aliphatic heterocycles. The van der Waals surface area contributed by atoms with Gasteiger partial charge < -0.3 is 18.6 Å². The van der Waals surface area contributed by atoms with Crippen LogP contribution < -0.4 is 8.49 Å². The van der Waals surface area contributed by atoms with Crippen LogP contribution in [0.25, 0.3) is 0 Å².